The number of hydrogen-bond donors (Lipinski definition) is 1. The molecule has 0 saturated carbocycles. The van der Waals surface area contributed by atoms with Crippen molar-refractivity contribution < 1.29 is 28.7 Å². The Morgan fingerprint density at radius 3 is 2.30 bits per heavy atom. The Hall–Kier alpha value is -3.68. The fraction of sp³-hybridized carbons (Fsp3) is 0.360. The van der Waals surface area contributed by atoms with Crippen LogP contribution in [0.5, 0.6) is 5.75 Å². The lowest BCUT2D eigenvalue weighted by atomic mass is 10.1. The third kappa shape index (κ3) is 5.77. The first-order chi connectivity index (χ1) is 15.8. The zero-order chi connectivity index (χ0) is 24.0. The summed E-state index contributed by atoms with van der Waals surface area (Å²) in [6, 6.07) is 11.4. The maximum atomic E-state index is 12.7. The molecule has 1 heterocycles. The van der Waals surface area contributed by atoms with E-state index in [0.717, 1.165) is 11.3 Å². The molecule has 1 aliphatic rings. The molecule has 174 valence electrons. The van der Waals surface area contributed by atoms with Gasteiger partial charge in [0.1, 0.15) is 11.3 Å². The highest BCUT2D eigenvalue weighted by molar-refractivity contribution is 6.21. The summed E-state index contributed by atoms with van der Waals surface area (Å²) < 4.78 is 10.7. The molecule has 0 atom stereocenters. The van der Waals surface area contributed by atoms with Gasteiger partial charge in [0.05, 0.1) is 24.3 Å². The Morgan fingerprint density at radius 2 is 1.70 bits per heavy atom. The summed E-state index contributed by atoms with van der Waals surface area (Å²) in [5, 5.41) is 2.71. The summed E-state index contributed by atoms with van der Waals surface area (Å²) in [5.41, 5.74) is 1.40. The second kappa shape index (κ2) is 10.8. The minimum Gasteiger partial charge on any atom is -0.493 e. The zero-order valence-electron chi connectivity index (χ0n) is 19.1. The number of carbonyl (C=O) groups is 4. The second-order valence-electron chi connectivity index (χ2n) is 8.11. The first kappa shape index (κ1) is 24.0. The molecule has 33 heavy (non-hydrogen) atoms. The third-order valence-electron chi connectivity index (χ3n) is 5.16. The van der Waals surface area contributed by atoms with E-state index in [2.05, 4.69) is 19.2 Å². The maximum Gasteiger partial charge on any atom is 0.342 e. The van der Waals surface area contributed by atoms with Crippen molar-refractivity contribution in [2.75, 3.05) is 19.8 Å². The van der Waals surface area contributed by atoms with Crippen molar-refractivity contribution in [2.24, 2.45) is 5.92 Å². The number of amides is 3. The van der Waals surface area contributed by atoms with E-state index in [1.54, 1.807) is 43.3 Å². The molecule has 3 rings (SSSR count). The zero-order valence-corrected chi connectivity index (χ0v) is 19.1. The van der Waals surface area contributed by atoms with Crippen LogP contribution in [-0.4, -0.2) is 48.3 Å². The average Bonchev–Trinajstić information content (AvgIpc) is 3.03. The molecule has 0 spiro atoms. The minimum absolute atomic E-state index is 0.00524. The summed E-state index contributed by atoms with van der Waals surface area (Å²) in [7, 11) is 0. The van der Waals surface area contributed by atoms with Crippen molar-refractivity contribution in [1.29, 1.82) is 0 Å². The van der Waals surface area contributed by atoms with Crippen molar-refractivity contribution in [3.8, 4) is 5.75 Å². The van der Waals surface area contributed by atoms with E-state index in [9.17, 15) is 19.2 Å². The average molecular weight is 453 g/mol. The number of ether oxygens (including phenoxy) is 2. The van der Waals surface area contributed by atoms with Crippen molar-refractivity contribution in [3.05, 3.63) is 64.7 Å². The first-order valence-electron chi connectivity index (χ1n) is 11.0. The predicted octanol–water partition coefficient (Wildman–Crippen LogP) is 3.20. The fourth-order valence-corrected chi connectivity index (χ4v) is 3.44. The Bertz CT molecular complexity index is 1030. The Labute approximate surface area is 192 Å². The standard InChI is InChI=1S/C25H28N2O6/c1-4-32-21-10-9-17(14-27-23(29)18-7-5-6-8-19(18)24(27)30)13-20(21)25(31)33-15-22(28)26-12-11-16(2)3/h5-10,13,16H,4,11-12,14-15H2,1-3H3,(H,26,28). The molecule has 8 heteroatoms. The highest BCUT2D eigenvalue weighted by Gasteiger charge is 2.35. The van der Waals surface area contributed by atoms with E-state index < -0.39 is 12.6 Å². The van der Waals surface area contributed by atoms with E-state index in [0.29, 0.717) is 41.5 Å². The van der Waals surface area contributed by atoms with Gasteiger partial charge in [-0.25, -0.2) is 4.79 Å². The molecule has 0 saturated heterocycles. The van der Waals surface area contributed by atoms with Gasteiger partial charge in [0.25, 0.3) is 17.7 Å². The molecule has 2 aromatic carbocycles. The van der Waals surface area contributed by atoms with E-state index in [1.165, 1.54) is 6.07 Å². The number of nitrogens with one attached hydrogen (secondary N) is 1. The number of carbonyl (C=O) groups excluding carboxylic acids is 4. The molecule has 0 radical (unpaired) electrons. The van der Waals surface area contributed by atoms with E-state index in [4.69, 9.17) is 9.47 Å². The molecule has 2 aromatic rings. The highest BCUT2D eigenvalue weighted by atomic mass is 16.5. The van der Waals surface area contributed by atoms with Crippen molar-refractivity contribution in [2.45, 2.75) is 33.7 Å². The lowest BCUT2D eigenvalue weighted by Crippen LogP contribution is -2.30. The van der Waals surface area contributed by atoms with Gasteiger partial charge < -0.3 is 14.8 Å². The van der Waals surface area contributed by atoms with Gasteiger partial charge in [0.15, 0.2) is 6.61 Å². The van der Waals surface area contributed by atoms with E-state index >= 15 is 0 Å². The molecule has 0 unspecified atom stereocenters. The number of fused-ring (bicyclic) bond motifs is 1. The number of benzene rings is 2. The second-order valence-corrected chi connectivity index (χ2v) is 8.11. The molecule has 0 aromatic heterocycles. The molecule has 3 amide bonds. The number of nitrogens with zero attached hydrogens (tertiary/aromatic N) is 1. The summed E-state index contributed by atoms with van der Waals surface area (Å²) in [5.74, 6) is -1.12. The van der Waals surface area contributed by atoms with Gasteiger partial charge in [0, 0.05) is 6.54 Å². The van der Waals surface area contributed by atoms with Crippen LogP contribution < -0.4 is 10.1 Å². The summed E-state index contributed by atoms with van der Waals surface area (Å²) in [6.07, 6.45) is 0.827. The van der Waals surface area contributed by atoms with Gasteiger partial charge >= 0.3 is 5.97 Å². The molecule has 0 fully saturated rings. The predicted molar refractivity (Wildman–Crippen MR) is 121 cm³/mol. The van der Waals surface area contributed by atoms with Crippen LogP contribution in [-0.2, 0) is 16.1 Å². The Morgan fingerprint density at radius 1 is 1.03 bits per heavy atom. The lowest BCUT2D eigenvalue weighted by Gasteiger charge is -2.16. The van der Waals surface area contributed by atoms with Crippen LogP contribution in [0.1, 0.15) is 63.8 Å². The molecule has 0 aliphatic carbocycles. The lowest BCUT2D eigenvalue weighted by molar-refractivity contribution is -0.124. The van der Waals surface area contributed by atoms with Gasteiger partial charge in [-0.05, 0) is 49.1 Å². The van der Waals surface area contributed by atoms with Crippen LogP contribution in [0.25, 0.3) is 0 Å². The van der Waals surface area contributed by atoms with E-state index in [1.807, 2.05) is 0 Å². The normalized spacial score (nSPS) is 12.7. The SMILES string of the molecule is CCOc1ccc(CN2C(=O)c3ccccc3C2=O)cc1C(=O)OCC(=O)NCCC(C)C. The van der Waals surface area contributed by atoms with Crippen LogP contribution >= 0.6 is 0 Å². The highest BCUT2D eigenvalue weighted by Crippen LogP contribution is 2.27. The quantitative estimate of drug-likeness (QED) is 0.439. The van der Waals surface area contributed by atoms with Crippen molar-refractivity contribution >= 4 is 23.7 Å². The maximum absolute atomic E-state index is 12.7. The number of imide groups is 1. The van der Waals surface area contributed by atoms with Gasteiger partial charge in [-0.1, -0.05) is 32.0 Å². The van der Waals surface area contributed by atoms with Crippen molar-refractivity contribution in [3.63, 3.8) is 0 Å². The van der Waals surface area contributed by atoms with Gasteiger partial charge in [0.2, 0.25) is 0 Å². The monoisotopic (exact) mass is 452 g/mol. The molecule has 1 N–H and O–H groups in total. The van der Waals surface area contributed by atoms with Crippen LogP contribution in [0.15, 0.2) is 42.5 Å². The fourth-order valence-electron chi connectivity index (χ4n) is 3.44. The van der Waals surface area contributed by atoms with Crippen LogP contribution in [0.4, 0.5) is 0 Å². The summed E-state index contributed by atoms with van der Waals surface area (Å²) >= 11 is 0. The Balaban J connectivity index is 1.71. The smallest absolute Gasteiger partial charge is 0.342 e. The van der Waals surface area contributed by atoms with Gasteiger partial charge in [-0.15, -0.1) is 0 Å². The minimum atomic E-state index is -0.721. The molecule has 0 bridgehead atoms. The summed E-state index contributed by atoms with van der Waals surface area (Å²) in [6.45, 7) is 6.30. The topological polar surface area (TPSA) is 102 Å². The van der Waals surface area contributed by atoms with E-state index in [-0.39, 0.29) is 29.8 Å². The number of hydrogen-bond acceptors (Lipinski definition) is 6. The Kier molecular flexibility index (Phi) is 7.82. The number of esters is 1. The van der Waals surface area contributed by atoms with Crippen molar-refractivity contribution in [1.82, 2.24) is 10.2 Å². The van der Waals surface area contributed by atoms with Crippen LogP contribution in [0.3, 0.4) is 0 Å². The molecule has 8 nitrogen and oxygen atoms in total. The van der Waals surface area contributed by atoms with Crippen LogP contribution in [0.2, 0.25) is 0 Å². The molecule has 1 aliphatic heterocycles. The number of rotatable bonds is 10. The van der Waals surface area contributed by atoms with Gasteiger partial charge in [-0.2, -0.15) is 0 Å². The summed E-state index contributed by atoms with van der Waals surface area (Å²) in [4.78, 5) is 51.1. The van der Waals surface area contributed by atoms with Crippen LogP contribution in [0, 0.1) is 5.92 Å². The van der Waals surface area contributed by atoms with Gasteiger partial charge in [-0.3, -0.25) is 19.3 Å². The first-order valence-corrected chi connectivity index (χ1v) is 11.0. The molecular weight excluding hydrogens is 424 g/mol. The largest absolute Gasteiger partial charge is 0.493 e. The molecular formula is C25H28N2O6. The third-order valence-corrected chi connectivity index (χ3v) is 5.16.